The molecule has 0 unspecified atom stereocenters. The monoisotopic (exact) mass is 368 g/mol. The van der Waals surface area contributed by atoms with Gasteiger partial charge in [-0.15, -0.1) is 0 Å². The van der Waals surface area contributed by atoms with Crippen LogP contribution in [0.1, 0.15) is 5.56 Å². The summed E-state index contributed by atoms with van der Waals surface area (Å²) >= 11 is 7.19. The number of aryl methyl sites for hydroxylation is 1. The maximum absolute atomic E-state index is 5.61. The highest BCUT2D eigenvalue weighted by Crippen LogP contribution is 2.29. The molecule has 1 N–H and O–H groups in total. The minimum Gasteiger partial charge on any atom is -0.352 e. The molecule has 0 atom stereocenters. The molecule has 1 aromatic heterocycles. The maximum atomic E-state index is 5.61. The second-order valence-electron chi connectivity index (χ2n) is 6.22. The van der Waals surface area contributed by atoms with E-state index in [0.29, 0.717) is 0 Å². The van der Waals surface area contributed by atoms with Gasteiger partial charge >= 0.3 is 0 Å². The third kappa shape index (κ3) is 3.32. The average Bonchev–Trinajstić information content (AvgIpc) is 3.08. The van der Waals surface area contributed by atoms with E-state index < -0.39 is 0 Å². The number of piperazine rings is 1. The molecule has 1 aliphatic rings. The van der Waals surface area contributed by atoms with Crippen LogP contribution in [0.3, 0.4) is 0 Å². The molecule has 4 rings (SSSR count). The Morgan fingerprint density at radius 2 is 1.76 bits per heavy atom. The molecule has 0 spiro atoms. The summed E-state index contributed by atoms with van der Waals surface area (Å²) in [7, 11) is 0. The molecule has 2 heterocycles. The van der Waals surface area contributed by atoms with Gasteiger partial charge in [0.05, 0.1) is 4.70 Å². The van der Waals surface area contributed by atoms with Crippen LogP contribution in [0.4, 0.5) is 11.5 Å². The summed E-state index contributed by atoms with van der Waals surface area (Å²) in [5.41, 5.74) is 2.29. The van der Waals surface area contributed by atoms with Gasteiger partial charge in [-0.1, -0.05) is 30.3 Å². The summed E-state index contributed by atoms with van der Waals surface area (Å²) in [5, 5.41) is 5.44. The van der Waals surface area contributed by atoms with Crippen LogP contribution in [0.2, 0.25) is 0 Å². The predicted molar refractivity (Wildman–Crippen MR) is 111 cm³/mol. The molecule has 0 amide bonds. The van der Waals surface area contributed by atoms with Crippen LogP contribution < -0.4 is 10.2 Å². The Kier molecular flexibility index (Phi) is 4.55. The number of aromatic nitrogens is 1. The number of nitrogens with zero attached hydrogens (tertiary/aromatic N) is 3. The smallest absolute Gasteiger partial charge is 0.173 e. The van der Waals surface area contributed by atoms with E-state index in [-0.39, 0.29) is 0 Å². The molecular formula is C19H20N4S2. The molecule has 1 aliphatic heterocycles. The molecule has 25 heavy (non-hydrogen) atoms. The van der Waals surface area contributed by atoms with Crippen molar-refractivity contribution in [2.24, 2.45) is 0 Å². The zero-order chi connectivity index (χ0) is 17.2. The summed E-state index contributed by atoms with van der Waals surface area (Å²) in [6, 6.07) is 16.7. The van der Waals surface area contributed by atoms with E-state index in [1.54, 1.807) is 11.5 Å². The van der Waals surface area contributed by atoms with Crippen LogP contribution in [-0.2, 0) is 0 Å². The standard InChI is InChI=1S/C19H20N4S2/c1-14-6-2-4-8-16(14)20-19(24)23-12-10-22(11-13-23)18-15-7-3-5-9-17(15)25-21-18/h2-9H,10-13H2,1H3,(H,20,24). The Balaban J connectivity index is 1.41. The van der Waals surface area contributed by atoms with Gasteiger partial charge in [-0.05, 0) is 54.4 Å². The van der Waals surface area contributed by atoms with Crippen molar-refractivity contribution in [3.8, 4) is 0 Å². The van der Waals surface area contributed by atoms with Crippen molar-refractivity contribution in [2.75, 3.05) is 36.4 Å². The van der Waals surface area contributed by atoms with E-state index in [1.165, 1.54) is 15.6 Å². The molecule has 0 bridgehead atoms. The summed E-state index contributed by atoms with van der Waals surface area (Å²) < 4.78 is 5.92. The Morgan fingerprint density at radius 3 is 2.56 bits per heavy atom. The maximum Gasteiger partial charge on any atom is 0.173 e. The number of benzene rings is 2. The van der Waals surface area contributed by atoms with Crippen LogP contribution in [0.25, 0.3) is 10.1 Å². The van der Waals surface area contributed by atoms with Gasteiger partial charge < -0.3 is 15.1 Å². The predicted octanol–water partition coefficient (Wildman–Crippen LogP) is 4.12. The summed E-state index contributed by atoms with van der Waals surface area (Å²) in [5.74, 6) is 1.11. The van der Waals surface area contributed by atoms with Crippen LogP contribution >= 0.6 is 23.8 Å². The fourth-order valence-corrected chi connectivity index (χ4v) is 4.22. The number of fused-ring (bicyclic) bond motifs is 1. The highest BCUT2D eigenvalue weighted by Gasteiger charge is 2.22. The Bertz CT molecular complexity index is 897. The summed E-state index contributed by atoms with van der Waals surface area (Å²) in [4.78, 5) is 4.61. The van der Waals surface area contributed by atoms with Gasteiger partial charge in [0.1, 0.15) is 5.82 Å². The quantitative estimate of drug-likeness (QED) is 0.688. The van der Waals surface area contributed by atoms with Crippen LogP contribution in [0.15, 0.2) is 48.5 Å². The van der Waals surface area contributed by atoms with Gasteiger partial charge in [-0.25, -0.2) is 0 Å². The highest BCUT2D eigenvalue weighted by molar-refractivity contribution is 7.80. The molecule has 6 heteroatoms. The summed E-state index contributed by atoms with van der Waals surface area (Å²) in [6.45, 7) is 5.77. The lowest BCUT2D eigenvalue weighted by molar-refractivity contribution is 0.390. The van der Waals surface area contributed by atoms with Crippen LogP contribution in [0.5, 0.6) is 0 Å². The van der Waals surface area contributed by atoms with Crippen LogP contribution in [-0.4, -0.2) is 40.6 Å². The first-order valence-corrected chi connectivity index (χ1v) is 9.61. The first kappa shape index (κ1) is 16.3. The van der Waals surface area contributed by atoms with E-state index >= 15 is 0 Å². The molecule has 4 nitrogen and oxygen atoms in total. The van der Waals surface area contributed by atoms with Gasteiger partial charge in [-0.2, -0.15) is 4.37 Å². The van der Waals surface area contributed by atoms with Crippen molar-refractivity contribution in [1.82, 2.24) is 9.27 Å². The lowest BCUT2D eigenvalue weighted by Crippen LogP contribution is -2.50. The van der Waals surface area contributed by atoms with E-state index in [9.17, 15) is 0 Å². The topological polar surface area (TPSA) is 31.4 Å². The van der Waals surface area contributed by atoms with Crippen molar-refractivity contribution < 1.29 is 0 Å². The van der Waals surface area contributed by atoms with Gasteiger partial charge in [0, 0.05) is 37.3 Å². The van der Waals surface area contributed by atoms with Crippen LogP contribution in [0, 0.1) is 6.92 Å². The molecule has 1 saturated heterocycles. The van der Waals surface area contributed by atoms with E-state index in [0.717, 1.165) is 42.8 Å². The van der Waals surface area contributed by atoms with Crippen molar-refractivity contribution in [1.29, 1.82) is 0 Å². The second-order valence-corrected chi connectivity index (χ2v) is 7.41. The van der Waals surface area contributed by atoms with Crippen molar-refractivity contribution in [2.45, 2.75) is 6.92 Å². The minimum atomic E-state index is 0.803. The first-order chi connectivity index (χ1) is 12.2. The molecule has 0 radical (unpaired) electrons. The fraction of sp³-hybridized carbons (Fsp3) is 0.263. The zero-order valence-electron chi connectivity index (χ0n) is 14.1. The summed E-state index contributed by atoms with van der Waals surface area (Å²) in [6.07, 6.45) is 0. The van der Waals surface area contributed by atoms with Crippen molar-refractivity contribution >= 4 is 50.5 Å². The van der Waals surface area contributed by atoms with Gasteiger partial charge in [-0.3, -0.25) is 0 Å². The molecular weight excluding hydrogens is 348 g/mol. The van der Waals surface area contributed by atoms with E-state index in [4.69, 9.17) is 12.2 Å². The number of hydrogen-bond acceptors (Lipinski definition) is 4. The largest absolute Gasteiger partial charge is 0.352 e. The Morgan fingerprint density at radius 1 is 1.04 bits per heavy atom. The number of thiocarbonyl (C=S) groups is 1. The van der Waals surface area contributed by atoms with Gasteiger partial charge in [0.15, 0.2) is 5.11 Å². The van der Waals surface area contributed by atoms with E-state index in [1.807, 2.05) is 12.1 Å². The Labute approximate surface area is 157 Å². The third-order valence-corrected chi connectivity index (χ3v) is 5.79. The number of anilines is 2. The van der Waals surface area contributed by atoms with E-state index in [2.05, 4.69) is 62.8 Å². The molecule has 0 aliphatic carbocycles. The normalized spacial score (nSPS) is 14.8. The average molecular weight is 369 g/mol. The van der Waals surface area contributed by atoms with Crippen molar-refractivity contribution in [3.05, 3.63) is 54.1 Å². The lowest BCUT2D eigenvalue weighted by atomic mass is 10.2. The molecule has 2 aromatic carbocycles. The molecule has 3 aromatic rings. The third-order valence-electron chi connectivity index (χ3n) is 4.61. The number of rotatable bonds is 2. The molecule has 0 saturated carbocycles. The molecule has 128 valence electrons. The van der Waals surface area contributed by atoms with Crippen molar-refractivity contribution in [3.63, 3.8) is 0 Å². The number of nitrogens with one attached hydrogen (secondary N) is 1. The zero-order valence-corrected chi connectivity index (χ0v) is 15.7. The number of hydrogen-bond donors (Lipinski definition) is 1. The van der Waals surface area contributed by atoms with Gasteiger partial charge in [0.25, 0.3) is 0 Å². The SMILES string of the molecule is Cc1ccccc1NC(=S)N1CCN(c2nsc3ccccc23)CC1. The Hall–Kier alpha value is -2.18. The first-order valence-electron chi connectivity index (χ1n) is 8.43. The fourth-order valence-electron chi connectivity index (χ4n) is 3.13. The van der Waals surface area contributed by atoms with Gasteiger partial charge in [0.2, 0.25) is 0 Å². The number of para-hydroxylation sites is 1. The molecule has 1 fully saturated rings. The second kappa shape index (κ2) is 6.98. The highest BCUT2D eigenvalue weighted by atomic mass is 32.1. The lowest BCUT2D eigenvalue weighted by Gasteiger charge is -2.36. The minimum absolute atomic E-state index is 0.803.